The maximum absolute atomic E-state index is 12.5. The van der Waals surface area contributed by atoms with Crippen molar-refractivity contribution in [2.45, 2.75) is 23.2 Å². The first kappa shape index (κ1) is 16.3. The average molecular weight is 378 g/mol. The summed E-state index contributed by atoms with van der Waals surface area (Å²) in [5, 5.41) is 0.0558. The molecule has 3 rings (SSSR count). The fourth-order valence-corrected chi connectivity index (χ4v) is 5.23. The Hall–Kier alpha value is -1.52. The van der Waals surface area contributed by atoms with E-state index < -0.39 is 26.8 Å². The minimum Gasteiger partial charge on any atom is -0.236 e. The minimum atomic E-state index is -4.57. The van der Waals surface area contributed by atoms with Gasteiger partial charge in [0.1, 0.15) is 5.75 Å². The van der Waals surface area contributed by atoms with Crippen LogP contribution in [0.4, 0.5) is 13.2 Å². The van der Waals surface area contributed by atoms with E-state index in [2.05, 4.69) is 9.97 Å². The van der Waals surface area contributed by atoms with Gasteiger partial charge in [-0.05, 0) is 24.6 Å². The number of nitrogens with zero attached hydrogens (tertiary/aromatic N) is 2. The van der Waals surface area contributed by atoms with Gasteiger partial charge in [0.15, 0.2) is 5.01 Å². The topological polar surface area (TPSA) is 59.9 Å². The van der Waals surface area contributed by atoms with E-state index in [1.165, 1.54) is 0 Å². The predicted octanol–water partition coefficient (Wildman–Crippen LogP) is 4.05. The second-order valence-corrected chi connectivity index (χ2v) is 8.90. The van der Waals surface area contributed by atoms with E-state index in [0.29, 0.717) is 21.6 Å². The zero-order valence-electron chi connectivity index (χ0n) is 11.6. The van der Waals surface area contributed by atoms with Gasteiger partial charge in [-0.25, -0.2) is 18.4 Å². The predicted molar refractivity (Wildman–Crippen MR) is 82.4 cm³/mol. The lowest BCUT2D eigenvalue weighted by molar-refractivity contribution is -0.137. The molecule has 0 amide bonds. The highest BCUT2D eigenvalue weighted by Gasteiger charge is 2.35. The molecule has 2 aromatic heterocycles. The van der Waals surface area contributed by atoms with Gasteiger partial charge in [0, 0.05) is 5.38 Å². The standard InChI is InChI=1S/C13H9F3N2O2S3/c1-7-2-3-10-9(4-7)18-12(22-10)23(19,20)6-8-5-21-11(17-8)13(14,15)16/h2-5H,6H2,1H3. The fourth-order valence-electron chi connectivity index (χ4n) is 1.91. The Morgan fingerprint density at radius 1 is 1.22 bits per heavy atom. The maximum atomic E-state index is 12.5. The number of hydrogen-bond donors (Lipinski definition) is 0. The Balaban J connectivity index is 1.92. The highest BCUT2D eigenvalue weighted by atomic mass is 32.2. The molecule has 0 aliphatic heterocycles. The lowest BCUT2D eigenvalue weighted by atomic mass is 10.2. The van der Waals surface area contributed by atoms with Crippen molar-refractivity contribution in [3.63, 3.8) is 0 Å². The summed E-state index contributed by atoms with van der Waals surface area (Å²) in [6.07, 6.45) is -4.57. The van der Waals surface area contributed by atoms with Crippen LogP contribution in [0.25, 0.3) is 10.2 Å². The normalized spacial score (nSPS) is 12.9. The van der Waals surface area contributed by atoms with E-state index in [1.54, 1.807) is 12.1 Å². The Morgan fingerprint density at radius 2 is 1.96 bits per heavy atom. The number of aryl methyl sites for hydroxylation is 1. The van der Waals surface area contributed by atoms with Crippen LogP contribution in [0.1, 0.15) is 16.3 Å². The van der Waals surface area contributed by atoms with Crippen LogP contribution in [0.3, 0.4) is 0 Å². The number of benzene rings is 1. The van der Waals surface area contributed by atoms with E-state index in [4.69, 9.17) is 0 Å². The Labute approximate surface area is 137 Å². The summed E-state index contributed by atoms with van der Waals surface area (Å²) in [6, 6.07) is 5.37. The summed E-state index contributed by atoms with van der Waals surface area (Å²) >= 11 is 1.38. The number of thiazole rings is 2. The summed E-state index contributed by atoms with van der Waals surface area (Å²) in [4.78, 5) is 7.43. The van der Waals surface area contributed by atoms with E-state index >= 15 is 0 Å². The Morgan fingerprint density at radius 3 is 2.61 bits per heavy atom. The number of alkyl halides is 3. The summed E-state index contributed by atoms with van der Waals surface area (Å²) in [5.41, 5.74) is 1.38. The van der Waals surface area contributed by atoms with E-state index in [9.17, 15) is 21.6 Å². The number of fused-ring (bicyclic) bond motifs is 1. The molecular formula is C13H9F3N2O2S3. The van der Waals surface area contributed by atoms with Crippen LogP contribution in [0.15, 0.2) is 27.9 Å². The van der Waals surface area contributed by atoms with Gasteiger partial charge in [-0.3, -0.25) is 0 Å². The molecule has 10 heteroatoms. The molecule has 0 radical (unpaired) electrons. The molecule has 0 aliphatic rings. The minimum absolute atomic E-state index is 0.111. The second kappa shape index (κ2) is 5.53. The van der Waals surface area contributed by atoms with Crippen molar-refractivity contribution in [3.05, 3.63) is 39.8 Å². The third kappa shape index (κ3) is 3.38. The third-order valence-corrected chi connectivity index (χ3v) is 7.00. The molecule has 0 bridgehead atoms. The molecule has 0 unspecified atom stereocenters. The number of sulfone groups is 1. The molecule has 0 spiro atoms. The van der Waals surface area contributed by atoms with Gasteiger partial charge >= 0.3 is 6.18 Å². The Kier molecular flexibility index (Phi) is 3.93. The van der Waals surface area contributed by atoms with Crippen LogP contribution < -0.4 is 0 Å². The molecule has 0 atom stereocenters. The summed E-state index contributed by atoms with van der Waals surface area (Å²) in [5.74, 6) is -0.599. The number of rotatable bonds is 3. The van der Waals surface area contributed by atoms with Crippen molar-refractivity contribution in [3.8, 4) is 0 Å². The van der Waals surface area contributed by atoms with Crippen LogP contribution in [-0.2, 0) is 21.8 Å². The largest absolute Gasteiger partial charge is 0.443 e. The first-order chi connectivity index (χ1) is 10.6. The average Bonchev–Trinajstić information content (AvgIpc) is 3.03. The van der Waals surface area contributed by atoms with Crippen molar-refractivity contribution < 1.29 is 21.6 Å². The first-order valence-corrected chi connectivity index (χ1v) is 9.61. The quantitative estimate of drug-likeness (QED) is 0.690. The molecule has 0 N–H and O–H groups in total. The molecule has 122 valence electrons. The number of halogens is 3. The molecule has 4 nitrogen and oxygen atoms in total. The molecule has 0 saturated carbocycles. The van der Waals surface area contributed by atoms with Crippen molar-refractivity contribution in [2.24, 2.45) is 0 Å². The molecule has 23 heavy (non-hydrogen) atoms. The molecule has 1 aromatic carbocycles. The number of aromatic nitrogens is 2. The van der Waals surface area contributed by atoms with Gasteiger partial charge < -0.3 is 0 Å². The summed E-state index contributed by atoms with van der Waals surface area (Å²) < 4.78 is 62.9. The van der Waals surface area contributed by atoms with Crippen molar-refractivity contribution in [2.75, 3.05) is 0 Å². The van der Waals surface area contributed by atoms with Gasteiger partial charge in [0.2, 0.25) is 14.2 Å². The molecule has 0 aliphatic carbocycles. The van der Waals surface area contributed by atoms with Gasteiger partial charge in [0.25, 0.3) is 0 Å². The van der Waals surface area contributed by atoms with Crippen molar-refractivity contribution in [1.29, 1.82) is 0 Å². The zero-order chi connectivity index (χ0) is 16.8. The summed E-state index contributed by atoms with van der Waals surface area (Å²) in [7, 11) is -3.84. The van der Waals surface area contributed by atoms with Gasteiger partial charge in [-0.2, -0.15) is 13.2 Å². The lowest BCUT2D eigenvalue weighted by Gasteiger charge is -2.00. The second-order valence-electron chi connectivity index (χ2n) is 4.85. The summed E-state index contributed by atoms with van der Waals surface area (Å²) in [6.45, 7) is 1.86. The van der Waals surface area contributed by atoms with E-state index in [-0.39, 0.29) is 10.0 Å². The molecule has 0 fully saturated rings. The highest BCUT2D eigenvalue weighted by Crippen LogP contribution is 2.33. The van der Waals surface area contributed by atoms with Crippen LogP contribution in [0.2, 0.25) is 0 Å². The van der Waals surface area contributed by atoms with Gasteiger partial charge in [-0.1, -0.05) is 6.07 Å². The first-order valence-electron chi connectivity index (χ1n) is 6.27. The van der Waals surface area contributed by atoms with Gasteiger partial charge in [0.05, 0.1) is 15.9 Å². The van der Waals surface area contributed by atoms with Gasteiger partial charge in [-0.15, -0.1) is 22.7 Å². The monoisotopic (exact) mass is 378 g/mol. The Bertz CT molecular complexity index is 974. The van der Waals surface area contributed by atoms with Crippen LogP contribution in [0.5, 0.6) is 0 Å². The number of hydrogen-bond acceptors (Lipinski definition) is 6. The fraction of sp³-hybridized carbons (Fsp3) is 0.231. The zero-order valence-corrected chi connectivity index (χ0v) is 14.0. The van der Waals surface area contributed by atoms with Crippen molar-refractivity contribution in [1.82, 2.24) is 9.97 Å². The third-order valence-electron chi connectivity index (χ3n) is 2.92. The SMILES string of the molecule is Cc1ccc2sc(S(=O)(=O)Cc3csc(C(F)(F)F)n3)nc2c1. The molecule has 2 heterocycles. The molecule has 3 aromatic rings. The smallest absolute Gasteiger partial charge is 0.236 e. The van der Waals surface area contributed by atoms with E-state index in [1.807, 2.05) is 13.0 Å². The van der Waals surface area contributed by atoms with Crippen LogP contribution >= 0.6 is 22.7 Å². The van der Waals surface area contributed by atoms with Crippen molar-refractivity contribution >= 4 is 42.7 Å². The highest BCUT2D eigenvalue weighted by molar-refractivity contribution is 7.92. The molecule has 0 saturated heterocycles. The lowest BCUT2D eigenvalue weighted by Crippen LogP contribution is -2.07. The van der Waals surface area contributed by atoms with E-state index in [0.717, 1.165) is 22.3 Å². The van der Waals surface area contributed by atoms with Crippen LogP contribution in [0, 0.1) is 6.92 Å². The maximum Gasteiger partial charge on any atom is 0.443 e. The molecular weight excluding hydrogens is 369 g/mol. The van der Waals surface area contributed by atoms with Crippen LogP contribution in [-0.4, -0.2) is 18.4 Å².